The van der Waals surface area contributed by atoms with Gasteiger partial charge < -0.3 is 15.0 Å². The predicted octanol–water partition coefficient (Wildman–Crippen LogP) is 2.74. The van der Waals surface area contributed by atoms with Gasteiger partial charge in [-0.15, -0.1) is 10.2 Å². The molecule has 6 nitrogen and oxygen atoms in total. The maximum Gasteiger partial charge on any atom is 0.233 e. The molecular weight excluding hydrogens is 280 g/mol. The second kappa shape index (κ2) is 6.01. The molecule has 1 saturated heterocycles. The van der Waals surface area contributed by atoms with Gasteiger partial charge in [0, 0.05) is 29.9 Å². The van der Waals surface area contributed by atoms with Crippen LogP contribution in [0.5, 0.6) is 5.88 Å². The van der Waals surface area contributed by atoms with Crippen molar-refractivity contribution < 1.29 is 9.53 Å². The van der Waals surface area contributed by atoms with E-state index in [0.717, 1.165) is 17.8 Å². The van der Waals surface area contributed by atoms with E-state index >= 15 is 0 Å². The van der Waals surface area contributed by atoms with E-state index < -0.39 is 0 Å². The molecular formula is C16H18N4O2. The summed E-state index contributed by atoms with van der Waals surface area (Å²) in [6.07, 6.45) is 1.54. The van der Waals surface area contributed by atoms with Crippen LogP contribution in [0.15, 0.2) is 36.4 Å². The van der Waals surface area contributed by atoms with Crippen LogP contribution in [0.4, 0.5) is 17.2 Å². The highest BCUT2D eigenvalue weighted by Gasteiger charge is 2.28. The fourth-order valence-corrected chi connectivity index (χ4v) is 2.58. The lowest BCUT2D eigenvalue weighted by atomic mass is 10.2. The average Bonchev–Trinajstić information content (AvgIpc) is 2.88. The number of nitrogens with one attached hydrogen (secondary N) is 1. The van der Waals surface area contributed by atoms with Crippen LogP contribution in [0.3, 0.4) is 0 Å². The number of anilines is 3. The Morgan fingerprint density at radius 1 is 1.18 bits per heavy atom. The van der Waals surface area contributed by atoms with Crippen LogP contribution in [-0.2, 0) is 4.79 Å². The lowest BCUT2D eigenvalue weighted by Crippen LogP contribution is -2.30. The van der Waals surface area contributed by atoms with Gasteiger partial charge in [0.25, 0.3) is 0 Å². The number of aromatic nitrogens is 2. The van der Waals surface area contributed by atoms with Crippen molar-refractivity contribution in [1.82, 2.24) is 10.2 Å². The summed E-state index contributed by atoms with van der Waals surface area (Å²) in [6.45, 7) is 2.07. The maximum atomic E-state index is 11.9. The third-order valence-electron chi connectivity index (χ3n) is 3.75. The molecule has 1 fully saturated rings. The van der Waals surface area contributed by atoms with Gasteiger partial charge in [-0.05, 0) is 43.7 Å². The largest absolute Gasteiger partial charge is 0.480 e. The lowest BCUT2D eigenvalue weighted by Gasteiger charge is -2.22. The van der Waals surface area contributed by atoms with E-state index in [1.807, 2.05) is 29.2 Å². The standard InChI is InChI=1S/C16H18N4O2/c1-11-3-10-16(21)20(11)13-6-4-12(5-7-13)17-14-8-9-15(22-2)19-18-14/h4-9,11H,3,10H2,1-2H3,(H,17,18). The molecule has 3 rings (SSSR count). The summed E-state index contributed by atoms with van der Waals surface area (Å²) in [5.41, 5.74) is 1.82. The number of amides is 1. The van der Waals surface area contributed by atoms with E-state index in [2.05, 4.69) is 22.4 Å². The summed E-state index contributed by atoms with van der Waals surface area (Å²) in [6, 6.07) is 11.6. The molecule has 2 heterocycles. The molecule has 1 aliphatic rings. The summed E-state index contributed by atoms with van der Waals surface area (Å²) >= 11 is 0. The van der Waals surface area contributed by atoms with Crippen LogP contribution in [0, 0.1) is 0 Å². The van der Waals surface area contributed by atoms with Crippen molar-refractivity contribution in [3.05, 3.63) is 36.4 Å². The lowest BCUT2D eigenvalue weighted by molar-refractivity contribution is -0.117. The van der Waals surface area contributed by atoms with Crippen LogP contribution in [0.1, 0.15) is 19.8 Å². The molecule has 0 aliphatic carbocycles. The number of nitrogens with zero attached hydrogens (tertiary/aromatic N) is 3. The second-order valence-electron chi connectivity index (χ2n) is 5.28. The Kier molecular flexibility index (Phi) is 3.91. The topological polar surface area (TPSA) is 67.3 Å². The molecule has 2 aromatic rings. The Morgan fingerprint density at radius 3 is 2.50 bits per heavy atom. The van der Waals surface area contributed by atoms with Gasteiger partial charge in [0.1, 0.15) is 0 Å². The molecule has 1 unspecified atom stereocenters. The molecule has 1 aromatic carbocycles. The van der Waals surface area contributed by atoms with Gasteiger partial charge in [0.15, 0.2) is 5.82 Å². The minimum atomic E-state index is 0.189. The SMILES string of the molecule is COc1ccc(Nc2ccc(N3C(=O)CCC3C)cc2)nn1. The normalized spacial score (nSPS) is 17.6. The number of rotatable bonds is 4. The zero-order valence-electron chi connectivity index (χ0n) is 12.6. The Balaban J connectivity index is 1.72. The van der Waals surface area contributed by atoms with Crippen LogP contribution < -0.4 is 15.0 Å². The second-order valence-corrected chi connectivity index (χ2v) is 5.28. The molecule has 6 heteroatoms. The van der Waals surface area contributed by atoms with E-state index in [9.17, 15) is 4.79 Å². The predicted molar refractivity (Wildman–Crippen MR) is 84.5 cm³/mol. The fourth-order valence-electron chi connectivity index (χ4n) is 2.58. The smallest absolute Gasteiger partial charge is 0.233 e. The van der Waals surface area contributed by atoms with Crippen LogP contribution >= 0.6 is 0 Å². The van der Waals surface area contributed by atoms with Gasteiger partial charge in [-0.25, -0.2) is 0 Å². The maximum absolute atomic E-state index is 11.9. The number of ether oxygens (including phenoxy) is 1. The van der Waals surface area contributed by atoms with E-state index in [1.165, 1.54) is 0 Å². The van der Waals surface area contributed by atoms with Gasteiger partial charge in [0.05, 0.1) is 7.11 Å². The van der Waals surface area contributed by atoms with E-state index in [-0.39, 0.29) is 11.9 Å². The Bertz CT molecular complexity index is 655. The van der Waals surface area contributed by atoms with Crippen molar-refractivity contribution >= 4 is 23.1 Å². The van der Waals surface area contributed by atoms with Gasteiger partial charge >= 0.3 is 0 Å². The first kappa shape index (κ1) is 14.3. The molecule has 0 radical (unpaired) electrons. The summed E-state index contributed by atoms with van der Waals surface area (Å²) in [4.78, 5) is 13.8. The van der Waals surface area contributed by atoms with Crippen molar-refractivity contribution in [2.45, 2.75) is 25.8 Å². The van der Waals surface area contributed by atoms with Crippen molar-refractivity contribution in [2.24, 2.45) is 0 Å². The summed E-state index contributed by atoms with van der Waals surface area (Å²) in [5.74, 6) is 1.30. The molecule has 0 bridgehead atoms. The molecule has 1 atom stereocenters. The number of carbonyl (C=O) groups excluding carboxylic acids is 1. The minimum absolute atomic E-state index is 0.189. The molecule has 1 N–H and O–H groups in total. The highest BCUT2D eigenvalue weighted by Crippen LogP contribution is 2.28. The number of hydrogen-bond donors (Lipinski definition) is 1. The Morgan fingerprint density at radius 2 is 1.95 bits per heavy atom. The number of hydrogen-bond acceptors (Lipinski definition) is 5. The summed E-state index contributed by atoms with van der Waals surface area (Å²) in [7, 11) is 1.55. The molecule has 1 amide bonds. The van der Waals surface area contributed by atoms with E-state index in [0.29, 0.717) is 18.1 Å². The zero-order valence-corrected chi connectivity index (χ0v) is 12.6. The number of carbonyl (C=O) groups is 1. The van der Waals surface area contributed by atoms with Crippen LogP contribution in [-0.4, -0.2) is 29.3 Å². The van der Waals surface area contributed by atoms with Crippen molar-refractivity contribution in [2.75, 3.05) is 17.3 Å². The molecule has 0 saturated carbocycles. The first-order chi connectivity index (χ1) is 10.7. The summed E-state index contributed by atoms with van der Waals surface area (Å²) < 4.78 is 4.97. The molecule has 114 valence electrons. The van der Waals surface area contributed by atoms with Crippen LogP contribution in [0.2, 0.25) is 0 Å². The first-order valence-corrected chi connectivity index (χ1v) is 7.24. The Hall–Kier alpha value is -2.63. The minimum Gasteiger partial charge on any atom is -0.480 e. The third kappa shape index (κ3) is 2.86. The number of benzene rings is 1. The molecule has 1 aromatic heterocycles. The average molecular weight is 298 g/mol. The number of methoxy groups -OCH3 is 1. The Labute approximate surface area is 129 Å². The van der Waals surface area contributed by atoms with Gasteiger partial charge in [-0.1, -0.05) is 0 Å². The van der Waals surface area contributed by atoms with Crippen molar-refractivity contribution in [3.63, 3.8) is 0 Å². The zero-order chi connectivity index (χ0) is 15.5. The van der Waals surface area contributed by atoms with Gasteiger partial charge in [-0.3, -0.25) is 4.79 Å². The molecule has 22 heavy (non-hydrogen) atoms. The van der Waals surface area contributed by atoms with E-state index in [1.54, 1.807) is 19.2 Å². The van der Waals surface area contributed by atoms with Gasteiger partial charge in [-0.2, -0.15) is 0 Å². The van der Waals surface area contributed by atoms with Crippen molar-refractivity contribution in [3.8, 4) is 5.88 Å². The highest BCUT2D eigenvalue weighted by molar-refractivity contribution is 5.96. The molecule has 0 spiro atoms. The van der Waals surface area contributed by atoms with Crippen LogP contribution in [0.25, 0.3) is 0 Å². The summed E-state index contributed by atoms with van der Waals surface area (Å²) in [5, 5.41) is 11.1. The highest BCUT2D eigenvalue weighted by atomic mass is 16.5. The third-order valence-corrected chi connectivity index (χ3v) is 3.75. The van der Waals surface area contributed by atoms with Crippen molar-refractivity contribution in [1.29, 1.82) is 0 Å². The first-order valence-electron chi connectivity index (χ1n) is 7.24. The van der Waals surface area contributed by atoms with E-state index in [4.69, 9.17) is 4.74 Å². The fraction of sp³-hybridized carbons (Fsp3) is 0.312. The molecule has 1 aliphatic heterocycles. The monoisotopic (exact) mass is 298 g/mol. The quantitative estimate of drug-likeness (QED) is 0.940. The van der Waals surface area contributed by atoms with Gasteiger partial charge in [0.2, 0.25) is 11.8 Å².